The van der Waals surface area contributed by atoms with E-state index >= 15 is 0 Å². The minimum Gasteiger partial charge on any atom is -0.368 e. The molecular formula is C20H19N5O2S. The quantitative estimate of drug-likeness (QED) is 0.370. The van der Waals surface area contributed by atoms with Gasteiger partial charge in [0, 0.05) is 36.8 Å². The molecule has 2 aromatic carbocycles. The van der Waals surface area contributed by atoms with Crippen LogP contribution in [0.1, 0.15) is 0 Å². The van der Waals surface area contributed by atoms with Crippen LogP contribution >= 0.6 is 11.8 Å². The summed E-state index contributed by atoms with van der Waals surface area (Å²) in [6.45, 7) is 2.91. The predicted octanol–water partition coefficient (Wildman–Crippen LogP) is 3.86. The zero-order valence-corrected chi connectivity index (χ0v) is 16.0. The van der Waals surface area contributed by atoms with E-state index in [4.69, 9.17) is 0 Å². The summed E-state index contributed by atoms with van der Waals surface area (Å²) < 4.78 is 0. The molecule has 0 amide bonds. The highest BCUT2D eigenvalue weighted by molar-refractivity contribution is 7.99. The molecule has 28 heavy (non-hydrogen) atoms. The van der Waals surface area contributed by atoms with Crippen LogP contribution in [0.4, 0.5) is 17.2 Å². The Morgan fingerprint density at radius 1 is 0.857 bits per heavy atom. The van der Waals surface area contributed by atoms with E-state index in [1.165, 1.54) is 23.8 Å². The normalized spacial score (nSPS) is 14.1. The molecule has 0 aliphatic carbocycles. The zero-order valence-electron chi connectivity index (χ0n) is 15.1. The molecule has 4 rings (SSSR count). The Balaban J connectivity index is 1.56. The van der Waals surface area contributed by atoms with Crippen molar-refractivity contribution in [2.45, 2.75) is 9.92 Å². The number of nitro groups is 1. The van der Waals surface area contributed by atoms with Gasteiger partial charge in [-0.15, -0.1) is 0 Å². The van der Waals surface area contributed by atoms with Crippen LogP contribution in [0.25, 0.3) is 0 Å². The molecule has 0 atom stereocenters. The van der Waals surface area contributed by atoms with E-state index in [-0.39, 0.29) is 10.6 Å². The number of hydrogen-bond acceptors (Lipinski definition) is 7. The third-order valence-corrected chi connectivity index (χ3v) is 5.61. The minimum atomic E-state index is -0.371. The van der Waals surface area contributed by atoms with Crippen molar-refractivity contribution in [3.63, 3.8) is 0 Å². The van der Waals surface area contributed by atoms with Gasteiger partial charge < -0.3 is 9.80 Å². The SMILES string of the molecule is O=[N+]([O-])c1c(Sc2ccccc2)ncnc1N1CCN(c2ccccc2)CC1. The molecule has 0 unspecified atom stereocenters. The number of nitrogens with zero attached hydrogens (tertiary/aromatic N) is 5. The third kappa shape index (κ3) is 3.91. The molecular weight excluding hydrogens is 374 g/mol. The maximum absolute atomic E-state index is 11.8. The molecule has 0 saturated carbocycles. The number of rotatable bonds is 5. The molecule has 0 bridgehead atoms. The standard InChI is InChI=1S/C20H19N5O2S/c26-25(27)18-19(21-15-22-20(18)28-17-9-5-2-6-10-17)24-13-11-23(12-14-24)16-7-3-1-4-8-16/h1-10,15H,11-14H2. The molecule has 0 N–H and O–H groups in total. The lowest BCUT2D eigenvalue weighted by Crippen LogP contribution is -2.47. The van der Waals surface area contributed by atoms with Gasteiger partial charge in [0.05, 0.1) is 4.92 Å². The Morgan fingerprint density at radius 3 is 2.11 bits per heavy atom. The lowest BCUT2D eigenvalue weighted by atomic mass is 10.2. The van der Waals surface area contributed by atoms with Gasteiger partial charge in [-0.1, -0.05) is 48.2 Å². The first-order valence-electron chi connectivity index (χ1n) is 8.99. The number of para-hydroxylation sites is 1. The van der Waals surface area contributed by atoms with Gasteiger partial charge in [0.15, 0.2) is 5.03 Å². The topological polar surface area (TPSA) is 75.4 Å². The molecule has 0 radical (unpaired) electrons. The average Bonchev–Trinajstić information content (AvgIpc) is 2.75. The first kappa shape index (κ1) is 18.2. The molecule has 3 aromatic rings. The fraction of sp³-hybridized carbons (Fsp3) is 0.200. The fourth-order valence-corrected chi connectivity index (χ4v) is 4.11. The van der Waals surface area contributed by atoms with Crippen LogP contribution in [0, 0.1) is 10.1 Å². The summed E-state index contributed by atoms with van der Waals surface area (Å²) in [6, 6.07) is 19.7. The Morgan fingerprint density at radius 2 is 1.46 bits per heavy atom. The van der Waals surface area contributed by atoms with Crippen molar-refractivity contribution in [2.75, 3.05) is 36.0 Å². The Hall–Kier alpha value is -3.13. The van der Waals surface area contributed by atoms with Crippen LogP contribution in [0.3, 0.4) is 0 Å². The van der Waals surface area contributed by atoms with E-state index in [9.17, 15) is 10.1 Å². The molecule has 1 aromatic heterocycles. The van der Waals surface area contributed by atoms with Gasteiger partial charge in [-0.25, -0.2) is 9.97 Å². The van der Waals surface area contributed by atoms with Crippen molar-refractivity contribution in [2.24, 2.45) is 0 Å². The first-order valence-corrected chi connectivity index (χ1v) is 9.81. The van der Waals surface area contributed by atoms with E-state index in [0.29, 0.717) is 23.9 Å². The molecule has 1 saturated heterocycles. The molecule has 8 heteroatoms. The van der Waals surface area contributed by atoms with Crippen molar-refractivity contribution in [3.05, 3.63) is 77.1 Å². The Kier molecular flexibility index (Phi) is 5.38. The van der Waals surface area contributed by atoms with Gasteiger partial charge in [0.2, 0.25) is 5.82 Å². The summed E-state index contributed by atoms with van der Waals surface area (Å²) in [7, 11) is 0. The number of anilines is 2. The summed E-state index contributed by atoms with van der Waals surface area (Å²) in [5.74, 6) is 0.395. The number of hydrogen-bond donors (Lipinski definition) is 0. The van der Waals surface area contributed by atoms with Crippen molar-refractivity contribution >= 4 is 29.0 Å². The van der Waals surface area contributed by atoms with Crippen molar-refractivity contribution in [1.29, 1.82) is 0 Å². The van der Waals surface area contributed by atoms with Crippen molar-refractivity contribution < 1.29 is 4.92 Å². The summed E-state index contributed by atoms with van der Waals surface area (Å²) >= 11 is 1.29. The second-order valence-corrected chi connectivity index (χ2v) is 7.40. The monoisotopic (exact) mass is 393 g/mol. The fourth-order valence-electron chi connectivity index (χ4n) is 3.24. The van der Waals surface area contributed by atoms with Gasteiger partial charge in [-0.2, -0.15) is 0 Å². The summed E-state index contributed by atoms with van der Waals surface area (Å²) in [5, 5.41) is 12.2. The van der Waals surface area contributed by atoms with Crippen molar-refractivity contribution in [3.8, 4) is 0 Å². The molecule has 1 aliphatic heterocycles. The van der Waals surface area contributed by atoms with Crippen LogP contribution in [-0.2, 0) is 0 Å². The highest BCUT2D eigenvalue weighted by atomic mass is 32.2. The maximum atomic E-state index is 11.8. The van der Waals surface area contributed by atoms with E-state index in [1.807, 2.05) is 53.4 Å². The van der Waals surface area contributed by atoms with Gasteiger partial charge in [-0.05, 0) is 24.3 Å². The molecule has 142 valence electrons. The highest BCUT2D eigenvalue weighted by Crippen LogP contribution is 2.38. The smallest absolute Gasteiger partial charge is 0.343 e. The second kappa shape index (κ2) is 8.26. The lowest BCUT2D eigenvalue weighted by molar-refractivity contribution is -0.387. The summed E-state index contributed by atoms with van der Waals surface area (Å²) in [4.78, 5) is 25.1. The van der Waals surface area contributed by atoms with E-state index in [2.05, 4.69) is 27.0 Å². The number of piperazine rings is 1. The predicted molar refractivity (Wildman–Crippen MR) is 110 cm³/mol. The Labute approximate surface area is 167 Å². The minimum absolute atomic E-state index is 0.0236. The number of benzene rings is 2. The van der Waals surface area contributed by atoms with Gasteiger partial charge in [-0.3, -0.25) is 10.1 Å². The van der Waals surface area contributed by atoms with Gasteiger partial charge in [0.25, 0.3) is 0 Å². The van der Waals surface area contributed by atoms with Gasteiger partial charge in [0.1, 0.15) is 6.33 Å². The van der Waals surface area contributed by atoms with Crippen LogP contribution in [0.5, 0.6) is 0 Å². The Bertz CT molecular complexity index is 947. The zero-order chi connectivity index (χ0) is 19.3. The number of aromatic nitrogens is 2. The van der Waals surface area contributed by atoms with Crippen LogP contribution in [-0.4, -0.2) is 41.1 Å². The average molecular weight is 393 g/mol. The maximum Gasteiger partial charge on any atom is 0.343 e. The first-order chi connectivity index (χ1) is 13.7. The molecule has 1 aliphatic rings. The summed E-state index contributed by atoms with van der Waals surface area (Å²) in [5.41, 5.74) is 1.14. The van der Waals surface area contributed by atoms with E-state index in [0.717, 1.165) is 18.0 Å². The molecule has 2 heterocycles. The highest BCUT2D eigenvalue weighted by Gasteiger charge is 2.29. The van der Waals surface area contributed by atoms with Crippen molar-refractivity contribution in [1.82, 2.24) is 9.97 Å². The lowest BCUT2D eigenvalue weighted by Gasteiger charge is -2.36. The summed E-state index contributed by atoms with van der Waals surface area (Å²) in [6.07, 6.45) is 1.41. The van der Waals surface area contributed by atoms with Crippen LogP contribution in [0.2, 0.25) is 0 Å². The second-order valence-electron chi connectivity index (χ2n) is 6.33. The van der Waals surface area contributed by atoms with Crippen LogP contribution < -0.4 is 9.80 Å². The molecule has 7 nitrogen and oxygen atoms in total. The molecule has 1 fully saturated rings. The molecule has 0 spiro atoms. The van der Waals surface area contributed by atoms with Crippen LogP contribution in [0.15, 0.2) is 76.9 Å². The largest absolute Gasteiger partial charge is 0.368 e. The third-order valence-electron chi connectivity index (χ3n) is 4.61. The van der Waals surface area contributed by atoms with Gasteiger partial charge >= 0.3 is 5.69 Å². The van der Waals surface area contributed by atoms with E-state index < -0.39 is 0 Å². The van der Waals surface area contributed by atoms with E-state index in [1.54, 1.807) is 0 Å².